The SMILES string of the molecule is COc1ccc(CNC(=O)c2c(-c3ccco3)noc2N)cc1. The van der Waals surface area contributed by atoms with Crippen LogP contribution in [0.25, 0.3) is 11.5 Å². The van der Waals surface area contributed by atoms with Gasteiger partial charge in [-0.05, 0) is 29.8 Å². The summed E-state index contributed by atoms with van der Waals surface area (Å²) >= 11 is 0. The van der Waals surface area contributed by atoms with Gasteiger partial charge in [0.2, 0.25) is 5.88 Å². The molecule has 0 atom stereocenters. The first-order valence-corrected chi connectivity index (χ1v) is 6.89. The first kappa shape index (κ1) is 14.7. The van der Waals surface area contributed by atoms with Crippen LogP contribution in [-0.2, 0) is 6.54 Å². The molecule has 1 aromatic carbocycles. The predicted octanol–water partition coefficient (Wildman–Crippen LogP) is 2.46. The number of carbonyl (C=O) groups is 1. The number of rotatable bonds is 5. The minimum atomic E-state index is -0.383. The number of nitrogens with two attached hydrogens (primary N) is 1. The third kappa shape index (κ3) is 3.03. The van der Waals surface area contributed by atoms with Crippen LogP contribution in [0.4, 0.5) is 5.88 Å². The molecular formula is C16H15N3O4. The summed E-state index contributed by atoms with van der Waals surface area (Å²) in [4.78, 5) is 12.4. The van der Waals surface area contributed by atoms with E-state index in [2.05, 4.69) is 10.5 Å². The zero-order valence-electron chi connectivity index (χ0n) is 12.4. The van der Waals surface area contributed by atoms with Gasteiger partial charge in [0.25, 0.3) is 5.91 Å². The highest BCUT2D eigenvalue weighted by Crippen LogP contribution is 2.27. The van der Waals surface area contributed by atoms with E-state index in [1.165, 1.54) is 6.26 Å². The van der Waals surface area contributed by atoms with Gasteiger partial charge in [-0.15, -0.1) is 0 Å². The molecule has 3 aromatic rings. The Morgan fingerprint density at radius 3 is 2.74 bits per heavy atom. The quantitative estimate of drug-likeness (QED) is 0.750. The number of hydrogen-bond donors (Lipinski definition) is 2. The number of nitrogens with zero attached hydrogens (tertiary/aromatic N) is 1. The van der Waals surface area contributed by atoms with Crippen LogP contribution >= 0.6 is 0 Å². The summed E-state index contributed by atoms with van der Waals surface area (Å²) in [7, 11) is 1.60. The van der Waals surface area contributed by atoms with E-state index in [1.807, 2.05) is 24.3 Å². The van der Waals surface area contributed by atoms with Crippen LogP contribution in [0.5, 0.6) is 5.75 Å². The third-order valence-corrected chi connectivity index (χ3v) is 3.31. The summed E-state index contributed by atoms with van der Waals surface area (Å²) in [6, 6.07) is 10.7. The Hall–Kier alpha value is -3.22. The smallest absolute Gasteiger partial charge is 0.259 e. The molecule has 0 aliphatic heterocycles. The summed E-state index contributed by atoms with van der Waals surface area (Å²) in [5, 5.41) is 6.57. The number of nitrogen functional groups attached to an aromatic ring is 1. The van der Waals surface area contributed by atoms with Crippen LogP contribution in [0, 0.1) is 0 Å². The van der Waals surface area contributed by atoms with Gasteiger partial charge in [0.05, 0.1) is 13.4 Å². The number of carbonyl (C=O) groups excluding carboxylic acids is 1. The molecule has 0 saturated carbocycles. The number of methoxy groups -OCH3 is 1. The normalized spacial score (nSPS) is 10.5. The number of benzene rings is 1. The number of anilines is 1. The molecule has 3 N–H and O–H groups in total. The van der Waals surface area contributed by atoms with Crippen LogP contribution in [0.2, 0.25) is 0 Å². The fourth-order valence-corrected chi connectivity index (χ4v) is 2.12. The molecule has 0 bridgehead atoms. The van der Waals surface area contributed by atoms with E-state index in [4.69, 9.17) is 19.4 Å². The zero-order valence-corrected chi connectivity index (χ0v) is 12.4. The minimum absolute atomic E-state index is 0.0522. The number of furan rings is 1. The lowest BCUT2D eigenvalue weighted by Gasteiger charge is -2.06. The van der Waals surface area contributed by atoms with E-state index in [9.17, 15) is 4.79 Å². The summed E-state index contributed by atoms with van der Waals surface area (Å²) in [6.07, 6.45) is 1.49. The molecule has 3 rings (SSSR count). The number of hydrogen-bond acceptors (Lipinski definition) is 6. The second-order valence-corrected chi connectivity index (χ2v) is 4.78. The van der Waals surface area contributed by atoms with Crippen molar-refractivity contribution in [2.45, 2.75) is 6.54 Å². The summed E-state index contributed by atoms with van der Waals surface area (Å²) in [5.41, 5.74) is 7.07. The first-order chi connectivity index (χ1) is 11.2. The maximum absolute atomic E-state index is 12.4. The van der Waals surface area contributed by atoms with Crippen LogP contribution in [0.3, 0.4) is 0 Å². The molecule has 2 aromatic heterocycles. The molecule has 23 heavy (non-hydrogen) atoms. The Balaban J connectivity index is 1.74. The highest BCUT2D eigenvalue weighted by atomic mass is 16.5. The average Bonchev–Trinajstić information content (AvgIpc) is 3.22. The molecule has 2 heterocycles. The lowest BCUT2D eigenvalue weighted by atomic mass is 10.1. The Kier molecular flexibility index (Phi) is 4.01. The van der Waals surface area contributed by atoms with Crippen LogP contribution in [-0.4, -0.2) is 18.2 Å². The molecule has 7 nitrogen and oxygen atoms in total. The van der Waals surface area contributed by atoms with Crippen molar-refractivity contribution >= 4 is 11.8 Å². The van der Waals surface area contributed by atoms with Gasteiger partial charge in [0.15, 0.2) is 11.5 Å². The standard InChI is InChI=1S/C16H15N3O4/c1-21-11-6-4-10(5-7-11)9-18-16(20)13-14(19-23-15(13)17)12-3-2-8-22-12/h2-8H,9,17H2,1H3,(H,18,20). The van der Waals surface area contributed by atoms with Gasteiger partial charge in [-0.2, -0.15) is 0 Å². The highest BCUT2D eigenvalue weighted by Gasteiger charge is 2.23. The molecule has 1 amide bonds. The lowest BCUT2D eigenvalue weighted by Crippen LogP contribution is -2.23. The second-order valence-electron chi connectivity index (χ2n) is 4.78. The molecule has 7 heteroatoms. The van der Waals surface area contributed by atoms with Gasteiger partial charge >= 0.3 is 0 Å². The Morgan fingerprint density at radius 2 is 2.09 bits per heavy atom. The van der Waals surface area contributed by atoms with E-state index in [1.54, 1.807) is 19.2 Å². The Morgan fingerprint density at radius 1 is 1.30 bits per heavy atom. The molecule has 0 radical (unpaired) electrons. The molecule has 0 spiro atoms. The summed E-state index contributed by atoms with van der Waals surface area (Å²) in [5.74, 6) is 0.734. The van der Waals surface area contributed by atoms with Crippen molar-refractivity contribution in [3.63, 3.8) is 0 Å². The highest BCUT2D eigenvalue weighted by molar-refractivity contribution is 6.03. The lowest BCUT2D eigenvalue weighted by molar-refractivity contribution is 0.0952. The maximum atomic E-state index is 12.4. The van der Waals surface area contributed by atoms with E-state index < -0.39 is 0 Å². The monoisotopic (exact) mass is 313 g/mol. The number of amides is 1. The number of ether oxygens (including phenoxy) is 1. The molecule has 0 unspecified atom stereocenters. The number of nitrogens with one attached hydrogen (secondary N) is 1. The molecule has 0 aliphatic carbocycles. The molecule has 0 saturated heterocycles. The van der Waals surface area contributed by atoms with Gasteiger partial charge in [-0.1, -0.05) is 17.3 Å². The van der Waals surface area contributed by atoms with Crippen molar-refractivity contribution in [2.24, 2.45) is 0 Å². The maximum Gasteiger partial charge on any atom is 0.259 e. The van der Waals surface area contributed by atoms with Crippen molar-refractivity contribution in [2.75, 3.05) is 12.8 Å². The first-order valence-electron chi connectivity index (χ1n) is 6.89. The van der Waals surface area contributed by atoms with Crippen molar-refractivity contribution in [1.82, 2.24) is 10.5 Å². The summed E-state index contributed by atoms with van der Waals surface area (Å²) < 4.78 is 15.2. The third-order valence-electron chi connectivity index (χ3n) is 3.31. The van der Waals surface area contributed by atoms with Crippen LogP contribution in [0.15, 0.2) is 51.6 Å². The second kappa shape index (κ2) is 6.27. The Labute approximate surface area is 132 Å². The fraction of sp³-hybridized carbons (Fsp3) is 0.125. The van der Waals surface area contributed by atoms with Crippen LogP contribution in [0.1, 0.15) is 15.9 Å². The van der Waals surface area contributed by atoms with Gasteiger partial charge in [0, 0.05) is 6.54 Å². The molecule has 0 fully saturated rings. The van der Waals surface area contributed by atoms with Crippen molar-refractivity contribution in [1.29, 1.82) is 0 Å². The van der Waals surface area contributed by atoms with Gasteiger partial charge in [-0.3, -0.25) is 4.79 Å². The largest absolute Gasteiger partial charge is 0.497 e. The number of aromatic nitrogens is 1. The van der Waals surface area contributed by atoms with Crippen molar-refractivity contribution < 1.29 is 18.5 Å². The molecule has 118 valence electrons. The predicted molar refractivity (Wildman–Crippen MR) is 82.8 cm³/mol. The van der Waals surface area contributed by atoms with Gasteiger partial charge in [0.1, 0.15) is 11.3 Å². The van der Waals surface area contributed by atoms with Gasteiger partial charge < -0.3 is 24.7 Å². The van der Waals surface area contributed by atoms with Crippen molar-refractivity contribution in [3.05, 3.63) is 53.8 Å². The topological polar surface area (TPSA) is 104 Å². The van der Waals surface area contributed by atoms with E-state index in [0.29, 0.717) is 12.3 Å². The summed E-state index contributed by atoms with van der Waals surface area (Å²) in [6.45, 7) is 0.338. The molecule has 0 aliphatic rings. The van der Waals surface area contributed by atoms with E-state index in [0.717, 1.165) is 11.3 Å². The van der Waals surface area contributed by atoms with Crippen molar-refractivity contribution in [3.8, 4) is 17.2 Å². The molecular weight excluding hydrogens is 298 g/mol. The fourth-order valence-electron chi connectivity index (χ4n) is 2.12. The zero-order chi connectivity index (χ0) is 16.2. The van der Waals surface area contributed by atoms with E-state index in [-0.39, 0.29) is 23.0 Å². The van der Waals surface area contributed by atoms with Gasteiger partial charge in [-0.25, -0.2) is 0 Å². The average molecular weight is 313 g/mol. The minimum Gasteiger partial charge on any atom is -0.497 e. The van der Waals surface area contributed by atoms with E-state index >= 15 is 0 Å². The van der Waals surface area contributed by atoms with Crippen LogP contribution < -0.4 is 15.8 Å². The Bertz CT molecular complexity index is 791.